The van der Waals surface area contributed by atoms with E-state index < -0.39 is 27.8 Å². The minimum absolute atomic E-state index is 0.0227. The van der Waals surface area contributed by atoms with E-state index in [2.05, 4.69) is 24.6 Å². The van der Waals surface area contributed by atoms with Crippen LogP contribution in [0.5, 0.6) is 0 Å². The number of sulfonamides is 2. The van der Waals surface area contributed by atoms with E-state index >= 15 is 0 Å². The molecule has 3 rings (SSSR count). The van der Waals surface area contributed by atoms with E-state index in [-0.39, 0.29) is 26.9 Å². The second-order valence-electron chi connectivity index (χ2n) is 6.86. The van der Waals surface area contributed by atoms with Crippen LogP contribution in [0, 0.1) is 0 Å². The van der Waals surface area contributed by atoms with E-state index in [0.717, 1.165) is 0 Å². The van der Waals surface area contributed by atoms with Gasteiger partial charge in [-0.05, 0) is 47.7 Å². The van der Waals surface area contributed by atoms with Gasteiger partial charge in [0, 0.05) is 21.3 Å². The molecule has 0 amide bonds. The maximum atomic E-state index is 12.9. The van der Waals surface area contributed by atoms with Crippen molar-refractivity contribution in [2.45, 2.75) is 9.79 Å². The summed E-state index contributed by atoms with van der Waals surface area (Å²) in [6.45, 7) is 0. The van der Waals surface area contributed by atoms with Crippen molar-refractivity contribution in [1.82, 2.24) is 0 Å². The molecule has 36 heavy (non-hydrogen) atoms. The summed E-state index contributed by atoms with van der Waals surface area (Å²) in [4.78, 5) is 3.91. The molecule has 0 aliphatic carbocycles. The van der Waals surface area contributed by atoms with Crippen LogP contribution in [0.3, 0.4) is 0 Å². The highest BCUT2D eigenvalue weighted by Gasteiger charge is 2.20. The van der Waals surface area contributed by atoms with Crippen molar-refractivity contribution >= 4 is 44.8 Å². The molecule has 2 N–H and O–H groups in total. The molecule has 3 aromatic rings. The molecule has 0 unspecified atom stereocenters. The fourth-order valence-corrected chi connectivity index (χ4v) is 5.80. The van der Waals surface area contributed by atoms with E-state index in [0.29, 0.717) is 0 Å². The largest absolute Gasteiger partial charge is 0.379 e. The Kier molecular flexibility index (Phi) is 8.95. The van der Waals surface area contributed by atoms with Gasteiger partial charge in [-0.15, -0.1) is 5.11 Å². The zero-order valence-electron chi connectivity index (χ0n) is 19.5. The van der Waals surface area contributed by atoms with Gasteiger partial charge in [0.2, 0.25) is 0 Å². The first kappa shape index (κ1) is 27.5. The third-order valence-electron chi connectivity index (χ3n) is 4.60. The van der Waals surface area contributed by atoms with Gasteiger partial charge < -0.3 is 13.6 Å². The summed E-state index contributed by atoms with van der Waals surface area (Å²) in [5.74, 6) is 0. The van der Waals surface area contributed by atoms with Crippen LogP contribution >= 0.6 is 7.74 Å². The van der Waals surface area contributed by atoms with Crippen LogP contribution in [0.25, 0.3) is 0 Å². The summed E-state index contributed by atoms with van der Waals surface area (Å²) in [6.07, 6.45) is 0. The van der Waals surface area contributed by atoms with Crippen molar-refractivity contribution < 1.29 is 30.4 Å². The lowest BCUT2D eigenvalue weighted by atomic mass is 10.2. The Balaban J connectivity index is 2.03. The Morgan fingerprint density at radius 1 is 0.694 bits per heavy atom. The van der Waals surface area contributed by atoms with E-state index in [4.69, 9.17) is 13.6 Å². The lowest BCUT2D eigenvalue weighted by molar-refractivity contribution is 0.222. The average Bonchev–Trinajstić information content (AvgIpc) is 2.89. The lowest BCUT2D eigenvalue weighted by Gasteiger charge is -2.14. The Morgan fingerprint density at radius 3 is 1.69 bits per heavy atom. The van der Waals surface area contributed by atoms with Gasteiger partial charge in [0.05, 0.1) is 21.2 Å². The normalized spacial score (nSPS) is 12.4. The molecule has 0 heterocycles. The summed E-state index contributed by atoms with van der Waals surface area (Å²) in [5, 5.41) is 7.66. The molecule has 12 nitrogen and oxygen atoms in total. The summed E-state index contributed by atoms with van der Waals surface area (Å²) in [5.41, 5.74) is 0.103. The van der Waals surface area contributed by atoms with Crippen LogP contribution < -0.4 is 9.44 Å². The van der Waals surface area contributed by atoms with Crippen molar-refractivity contribution in [2.75, 3.05) is 30.8 Å². The van der Waals surface area contributed by atoms with Crippen LogP contribution in [0.4, 0.5) is 17.1 Å². The molecular formula is C21H24N5O7PS2. The SMILES string of the molecule is COP(=NN=Nc1cc(NS(=O)(=O)c2ccccc2)ccc1NS(=O)(=O)c1ccccc1)(OC)OC. The van der Waals surface area contributed by atoms with Crippen molar-refractivity contribution in [2.24, 2.45) is 15.2 Å². The Morgan fingerprint density at radius 2 is 1.19 bits per heavy atom. The van der Waals surface area contributed by atoms with Gasteiger partial charge in [0.15, 0.2) is 0 Å². The summed E-state index contributed by atoms with van der Waals surface area (Å²) < 4.78 is 71.4. The monoisotopic (exact) mass is 553 g/mol. The molecule has 192 valence electrons. The predicted octanol–water partition coefficient (Wildman–Crippen LogP) is 5.17. The third-order valence-corrected chi connectivity index (χ3v) is 9.06. The fourth-order valence-electron chi connectivity index (χ4n) is 2.83. The molecule has 0 fully saturated rings. The highest BCUT2D eigenvalue weighted by atomic mass is 32.2. The number of nitrogens with one attached hydrogen (secondary N) is 2. The molecule has 0 spiro atoms. The first-order valence-electron chi connectivity index (χ1n) is 10.1. The van der Waals surface area contributed by atoms with Gasteiger partial charge in [-0.3, -0.25) is 9.44 Å². The Hall–Kier alpha value is -3.13. The summed E-state index contributed by atoms with van der Waals surface area (Å²) in [6, 6.07) is 19.5. The number of nitrogens with zero attached hydrogens (tertiary/aromatic N) is 3. The first-order valence-corrected chi connectivity index (χ1v) is 14.6. The molecule has 0 saturated carbocycles. The highest BCUT2D eigenvalue weighted by molar-refractivity contribution is 7.93. The number of hydrogen-bond acceptors (Lipinski definition) is 8. The van der Waals surface area contributed by atoms with E-state index in [1.807, 2.05) is 0 Å². The number of anilines is 2. The Bertz CT molecular complexity index is 1460. The van der Waals surface area contributed by atoms with Gasteiger partial charge in [-0.1, -0.05) is 41.3 Å². The molecule has 15 heteroatoms. The molecule has 0 saturated heterocycles. The Labute approximate surface area is 209 Å². The predicted molar refractivity (Wildman–Crippen MR) is 136 cm³/mol. The van der Waals surface area contributed by atoms with E-state index in [1.54, 1.807) is 36.4 Å². The minimum Gasteiger partial charge on any atom is -0.305 e. The molecular weight excluding hydrogens is 529 g/mol. The van der Waals surface area contributed by atoms with Crippen LogP contribution in [0.15, 0.2) is 104 Å². The molecule has 0 aromatic heterocycles. The van der Waals surface area contributed by atoms with Gasteiger partial charge >= 0.3 is 7.74 Å². The van der Waals surface area contributed by atoms with Crippen molar-refractivity contribution in [1.29, 1.82) is 0 Å². The molecule has 0 atom stereocenters. The molecule has 0 bridgehead atoms. The second-order valence-corrected chi connectivity index (χ2v) is 12.4. The minimum atomic E-state index is -3.98. The summed E-state index contributed by atoms with van der Waals surface area (Å²) in [7, 11) is -7.10. The first-order chi connectivity index (χ1) is 17.1. The maximum absolute atomic E-state index is 12.9. The number of hydrogen-bond donors (Lipinski definition) is 2. The smallest absolute Gasteiger partial charge is 0.305 e. The molecule has 0 aliphatic rings. The van der Waals surface area contributed by atoms with Gasteiger partial charge in [0.25, 0.3) is 20.0 Å². The van der Waals surface area contributed by atoms with Crippen LogP contribution in [0.2, 0.25) is 0 Å². The zero-order chi connectivity index (χ0) is 26.2. The number of rotatable bonds is 11. The molecule has 3 aromatic carbocycles. The van der Waals surface area contributed by atoms with E-state index in [9.17, 15) is 16.8 Å². The van der Waals surface area contributed by atoms with Gasteiger partial charge in [0.1, 0.15) is 5.69 Å². The second kappa shape index (κ2) is 11.7. The topological polar surface area (TPSA) is 157 Å². The van der Waals surface area contributed by atoms with Crippen molar-refractivity contribution in [3.05, 3.63) is 78.9 Å². The van der Waals surface area contributed by atoms with Crippen molar-refractivity contribution in [3.63, 3.8) is 0 Å². The van der Waals surface area contributed by atoms with Crippen LogP contribution in [0.1, 0.15) is 0 Å². The lowest BCUT2D eigenvalue weighted by Crippen LogP contribution is -2.14. The fraction of sp³-hybridized carbons (Fsp3) is 0.143. The highest BCUT2D eigenvalue weighted by Crippen LogP contribution is 2.51. The van der Waals surface area contributed by atoms with Crippen LogP contribution in [-0.2, 0) is 33.6 Å². The zero-order valence-corrected chi connectivity index (χ0v) is 22.0. The van der Waals surface area contributed by atoms with Crippen LogP contribution in [-0.4, -0.2) is 38.2 Å². The quantitative estimate of drug-likeness (QED) is 0.188. The van der Waals surface area contributed by atoms with E-state index in [1.165, 1.54) is 63.8 Å². The molecule has 0 aliphatic heterocycles. The van der Waals surface area contributed by atoms with Crippen molar-refractivity contribution in [3.8, 4) is 0 Å². The third kappa shape index (κ3) is 6.75. The van der Waals surface area contributed by atoms with Gasteiger partial charge in [-0.25, -0.2) is 16.8 Å². The number of benzene rings is 3. The maximum Gasteiger partial charge on any atom is 0.379 e. The standard InChI is InChI=1S/C21H24N5O7PS2/c1-31-34(32-2,33-3)26-25-22-21-16-17(23-35(27,28)18-10-6-4-7-11-18)14-15-20(21)24-36(29,30)19-12-8-5-9-13-19/h4-16,23-24H,1-3H3. The average molecular weight is 554 g/mol. The summed E-state index contributed by atoms with van der Waals surface area (Å²) >= 11 is 0. The van der Waals surface area contributed by atoms with Gasteiger partial charge in [-0.2, -0.15) is 0 Å². The molecule has 0 radical (unpaired) electrons.